The molecule has 1 aromatic carbocycles. The molecule has 3 heterocycles. The number of morpholine rings is 1. The third-order valence-electron chi connectivity index (χ3n) is 5.71. The minimum absolute atomic E-state index is 0.150. The number of halogens is 2. The van der Waals surface area contributed by atoms with E-state index in [1.807, 2.05) is 30.3 Å². The van der Waals surface area contributed by atoms with Crippen molar-refractivity contribution in [2.24, 2.45) is 11.1 Å². The molecule has 0 aliphatic carbocycles. The van der Waals surface area contributed by atoms with Gasteiger partial charge in [-0.15, -0.1) is 0 Å². The Morgan fingerprint density at radius 1 is 1.28 bits per heavy atom. The fourth-order valence-electron chi connectivity index (χ4n) is 4.17. The van der Waals surface area contributed by atoms with Gasteiger partial charge in [-0.1, -0.05) is 42.4 Å². The summed E-state index contributed by atoms with van der Waals surface area (Å²) in [7, 11) is -4.63. The van der Waals surface area contributed by atoms with Gasteiger partial charge in [0.2, 0.25) is 5.60 Å². The van der Waals surface area contributed by atoms with Crippen molar-refractivity contribution in [2.75, 3.05) is 26.3 Å². The molecule has 0 amide bonds. The normalized spacial score (nSPS) is 29.8. The van der Waals surface area contributed by atoms with E-state index < -0.39 is 30.5 Å². The quantitative estimate of drug-likeness (QED) is 0.563. The van der Waals surface area contributed by atoms with Gasteiger partial charge in [0.1, 0.15) is 19.3 Å². The van der Waals surface area contributed by atoms with Crippen LogP contribution in [0.4, 0.5) is 8.63 Å². The molecule has 0 radical (unpaired) electrons. The Hall–Kier alpha value is -2.33. The van der Waals surface area contributed by atoms with E-state index >= 15 is 0 Å². The van der Waals surface area contributed by atoms with Gasteiger partial charge in [0, 0.05) is 12.3 Å². The topological polar surface area (TPSA) is 69.4 Å². The molecule has 4 rings (SSSR count). The van der Waals surface area contributed by atoms with E-state index in [1.165, 1.54) is 6.92 Å². The molecule has 3 aliphatic rings. The Bertz CT molecular complexity index is 855. The minimum Gasteiger partial charge on any atom is -0.591 e. The van der Waals surface area contributed by atoms with Crippen molar-refractivity contribution in [3.8, 4) is 0 Å². The molecule has 10 heteroatoms. The van der Waals surface area contributed by atoms with E-state index in [4.69, 9.17) is 18.9 Å². The number of rotatable bonds is 4. The van der Waals surface area contributed by atoms with Crippen LogP contribution in [0.3, 0.4) is 0 Å². The third-order valence-corrected chi connectivity index (χ3v) is 5.71. The van der Waals surface area contributed by atoms with Crippen LogP contribution in [-0.4, -0.2) is 67.1 Å². The molecule has 0 bridgehead atoms. The van der Waals surface area contributed by atoms with Crippen LogP contribution in [0.5, 0.6) is 0 Å². The van der Waals surface area contributed by atoms with E-state index in [9.17, 15) is 13.4 Å². The number of carbonyl (C=O) groups excluding carboxylic acids is 1. The second-order valence-electron chi connectivity index (χ2n) is 7.51. The van der Waals surface area contributed by atoms with Crippen LogP contribution in [0.25, 0.3) is 0 Å². The maximum absolute atomic E-state index is 14.3. The summed E-state index contributed by atoms with van der Waals surface area (Å²) < 4.78 is 45.6. The Labute approximate surface area is 167 Å². The first-order valence-electron chi connectivity index (χ1n) is 9.72. The Balaban J connectivity index is 1.66. The monoisotopic (exact) mass is 408 g/mol. The van der Waals surface area contributed by atoms with E-state index in [0.29, 0.717) is 38.4 Å². The van der Waals surface area contributed by atoms with Crippen LogP contribution in [0, 0.1) is 5.92 Å². The van der Waals surface area contributed by atoms with Gasteiger partial charge in [-0.3, -0.25) is 4.79 Å². The van der Waals surface area contributed by atoms with Crippen molar-refractivity contribution < 1.29 is 36.9 Å². The van der Waals surface area contributed by atoms with Crippen molar-refractivity contribution in [2.45, 2.75) is 32.0 Å². The molecule has 29 heavy (non-hydrogen) atoms. The van der Waals surface area contributed by atoms with Crippen molar-refractivity contribution in [1.29, 1.82) is 0 Å². The lowest BCUT2D eigenvalue weighted by molar-refractivity contribution is -0.558. The zero-order valence-corrected chi connectivity index (χ0v) is 16.3. The summed E-state index contributed by atoms with van der Waals surface area (Å²) >= 11 is 0. The van der Waals surface area contributed by atoms with Crippen LogP contribution in [0.15, 0.2) is 35.5 Å². The van der Waals surface area contributed by atoms with Crippen molar-refractivity contribution in [1.82, 2.24) is 0 Å². The van der Waals surface area contributed by atoms with Gasteiger partial charge in [0.15, 0.2) is 18.9 Å². The molecule has 0 unspecified atom stereocenters. The first kappa shape index (κ1) is 20.0. The second-order valence-corrected chi connectivity index (χ2v) is 7.51. The van der Waals surface area contributed by atoms with Crippen LogP contribution in [-0.2, 0) is 23.7 Å². The SMILES string of the molecule is CC(=O)[C@]1([C@H](C)[C@@H]2CC(c3ccccc3)=NO2)O[B-](F)(F)OC1=[N+]1CCOCC1. The summed E-state index contributed by atoms with van der Waals surface area (Å²) in [6, 6.07) is 9.45. The van der Waals surface area contributed by atoms with Crippen molar-refractivity contribution in [3.63, 3.8) is 0 Å². The lowest BCUT2D eigenvalue weighted by atomic mass is 9.79. The van der Waals surface area contributed by atoms with Crippen LogP contribution in [0.2, 0.25) is 0 Å². The smallest absolute Gasteiger partial charge is 0.591 e. The predicted octanol–water partition coefficient (Wildman–Crippen LogP) is 2.01. The highest BCUT2D eigenvalue weighted by Gasteiger charge is 2.66. The molecule has 0 spiro atoms. The summed E-state index contributed by atoms with van der Waals surface area (Å²) in [6.45, 7) is 4.29. The van der Waals surface area contributed by atoms with Crippen LogP contribution >= 0.6 is 0 Å². The largest absolute Gasteiger partial charge is 0.668 e. The zero-order valence-electron chi connectivity index (χ0n) is 16.3. The van der Waals surface area contributed by atoms with Gasteiger partial charge < -0.3 is 27.5 Å². The fraction of sp³-hybridized carbons (Fsp3) is 0.526. The summed E-state index contributed by atoms with van der Waals surface area (Å²) in [5, 5.41) is 4.13. The molecule has 156 valence electrons. The minimum atomic E-state index is -4.63. The Morgan fingerprint density at radius 3 is 2.62 bits per heavy atom. The standard InChI is InChI=1S/C19H23BF2N2O5/c1-13(17-12-16(23-28-17)15-6-4-3-5-7-15)19(14(2)25)18(27-20(21,22)29-19)24-8-10-26-11-9-24/h3-7,13,17H,8-12H2,1-2H3/t13-,17+,19+/m1/s1. The number of benzene rings is 1. The van der Waals surface area contributed by atoms with E-state index in [2.05, 4.69) is 5.16 Å². The number of Topliss-reactive ketones (excluding diaryl/α,β-unsaturated/α-hetero) is 1. The molecule has 0 saturated carbocycles. The lowest BCUT2D eigenvalue weighted by Gasteiger charge is -2.34. The number of carbonyl (C=O) groups is 1. The fourth-order valence-corrected chi connectivity index (χ4v) is 4.17. The molecule has 2 saturated heterocycles. The number of ether oxygens (including phenoxy) is 1. The summed E-state index contributed by atoms with van der Waals surface area (Å²) in [5.74, 6) is -1.46. The highest BCUT2D eigenvalue weighted by molar-refractivity contribution is 6.57. The number of oxime groups is 1. The average molecular weight is 408 g/mol. The van der Waals surface area contributed by atoms with Crippen LogP contribution in [0.1, 0.15) is 25.8 Å². The predicted molar refractivity (Wildman–Crippen MR) is 101 cm³/mol. The van der Waals surface area contributed by atoms with Gasteiger partial charge in [0.25, 0.3) is 0 Å². The average Bonchev–Trinajstić information content (AvgIpc) is 3.32. The molecular formula is C19H23BF2N2O5. The molecule has 1 aromatic rings. The molecule has 3 aliphatic heterocycles. The van der Waals surface area contributed by atoms with Crippen molar-refractivity contribution >= 4 is 24.5 Å². The first-order valence-corrected chi connectivity index (χ1v) is 9.72. The first-order chi connectivity index (χ1) is 13.8. The zero-order chi connectivity index (χ0) is 20.6. The molecular weight excluding hydrogens is 385 g/mol. The number of hydrogen-bond donors (Lipinski definition) is 0. The summed E-state index contributed by atoms with van der Waals surface area (Å²) in [5.41, 5.74) is -0.354. The van der Waals surface area contributed by atoms with Crippen molar-refractivity contribution in [3.05, 3.63) is 35.9 Å². The number of ketones is 1. The van der Waals surface area contributed by atoms with Gasteiger partial charge >= 0.3 is 13.0 Å². The number of hydrogen-bond acceptors (Lipinski definition) is 6. The highest BCUT2D eigenvalue weighted by Crippen LogP contribution is 2.42. The Morgan fingerprint density at radius 2 is 1.97 bits per heavy atom. The number of nitrogens with zero attached hydrogens (tertiary/aromatic N) is 2. The second kappa shape index (κ2) is 7.49. The molecule has 3 atom stereocenters. The highest BCUT2D eigenvalue weighted by atomic mass is 19.3. The van der Waals surface area contributed by atoms with E-state index in [-0.39, 0.29) is 5.90 Å². The third kappa shape index (κ3) is 3.55. The van der Waals surface area contributed by atoms with Gasteiger partial charge in [0.05, 0.1) is 5.71 Å². The molecule has 0 N–H and O–H groups in total. The molecule has 2 fully saturated rings. The van der Waals surface area contributed by atoms with Gasteiger partial charge in [-0.25, -0.2) is 0 Å². The summed E-state index contributed by atoms with van der Waals surface area (Å²) in [6.07, 6.45) is -0.239. The lowest BCUT2D eigenvalue weighted by Crippen LogP contribution is -2.57. The van der Waals surface area contributed by atoms with Crippen LogP contribution < -0.4 is 0 Å². The van der Waals surface area contributed by atoms with Gasteiger partial charge in [-0.2, -0.15) is 4.58 Å². The van der Waals surface area contributed by atoms with E-state index in [0.717, 1.165) is 5.56 Å². The maximum Gasteiger partial charge on any atom is 0.668 e. The van der Waals surface area contributed by atoms with Gasteiger partial charge in [-0.05, 0) is 12.5 Å². The maximum atomic E-state index is 14.3. The molecule has 0 aromatic heterocycles. The summed E-state index contributed by atoms with van der Waals surface area (Å²) in [4.78, 5) is 18.3. The molecule has 7 nitrogen and oxygen atoms in total. The van der Waals surface area contributed by atoms with E-state index in [1.54, 1.807) is 11.5 Å². The Kier molecular flexibility index (Phi) is 5.16.